The molecule has 1 unspecified atom stereocenters. The van der Waals surface area contributed by atoms with E-state index in [0.717, 1.165) is 10.5 Å². The molecule has 2 aromatic carbocycles. The number of imidazole rings is 1. The molecule has 1 N–H and O–H groups in total. The van der Waals surface area contributed by atoms with Crippen LogP contribution < -0.4 is 0 Å². The zero-order valence-corrected chi connectivity index (χ0v) is 17.9. The summed E-state index contributed by atoms with van der Waals surface area (Å²) in [5, 5.41) is 14.6. The lowest BCUT2D eigenvalue weighted by molar-refractivity contribution is -0.742. The Morgan fingerprint density at radius 1 is 1.24 bits per heavy atom. The fraction of sp³-hybridized carbons (Fsp3) is 0.111. The molecule has 0 spiro atoms. The predicted molar refractivity (Wildman–Crippen MR) is 115 cm³/mol. The molecule has 1 heterocycles. The molecule has 152 valence electrons. The van der Waals surface area contributed by atoms with Crippen molar-refractivity contribution >= 4 is 51.2 Å². The number of carbonyl (C=O) groups excluding carboxylic acids is 1. The van der Waals surface area contributed by atoms with Crippen LogP contribution in [0.5, 0.6) is 0 Å². The summed E-state index contributed by atoms with van der Waals surface area (Å²) in [7, 11) is 0. The number of benzene rings is 2. The Balaban J connectivity index is 0.000000687. The molecule has 0 amide bonds. The third-order valence-corrected chi connectivity index (χ3v) is 6.08. The molecule has 0 fully saturated rings. The number of hydrogen-bond acceptors (Lipinski definition) is 6. The largest absolute Gasteiger partial charge is 0.336 e. The summed E-state index contributed by atoms with van der Waals surface area (Å²) >= 11 is 14.8. The molecule has 29 heavy (non-hydrogen) atoms. The monoisotopic (exact) mass is 471 g/mol. The normalized spacial score (nSPS) is 11.2. The summed E-state index contributed by atoms with van der Waals surface area (Å²) in [6.07, 6.45) is 5.31. The first-order valence-electron chi connectivity index (χ1n) is 8.02. The van der Waals surface area contributed by atoms with Crippen molar-refractivity contribution in [2.24, 2.45) is 0 Å². The summed E-state index contributed by atoms with van der Waals surface area (Å²) in [6.45, 7) is 0.590. The summed E-state index contributed by atoms with van der Waals surface area (Å²) in [5.74, 6) is 0. The van der Waals surface area contributed by atoms with E-state index in [1.807, 2.05) is 47.2 Å². The van der Waals surface area contributed by atoms with E-state index in [2.05, 4.69) is 4.98 Å². The van der Waals surface area contributed by atoms with Crippen molar-refractivity contribution in [3.05, 3.63) is 93.0 Å². The van der Waals surface area contributed by atoms with Crippen LogP contribution in [-0.4, -0.2) is 24.3 Å². The van der Waals surface area contributed by atoms with Gasteiger partial charge < -0.3 is 9.77 Å². The Morgan fingerprint density at radius 2 is 1.93 bits per heavy atom. The summed E-state index contributed by atoms with van der Waals surface area (Å²) in [6, 6.07) is 15.0. The van der Waals surface area contributed by atoms with Gasteiger partial charge in [-0.2, -0.15) is 0 Å². The lowest BCUT2D eigenvalue weighted by Gasteiger charge is -2.18. The molecule has 3 aromatic rings. The van der Waals surface area contributed by atoms with Crippen LogP contribution in [0.2, 0.25) is 10.0 Å². The number of carbonyl (C=O) groups is 1. The average molecular weight is 472 g/mol. The maximum absolute atomic E-state index is 12.5. The predicted octanol–water partition coefficient (Wildman–Crippen LogP) is 6.23. The number of hydrogen-bond donors (Lipinski definition) is 1. The van der Waals surface area contributed by atoms with Gasteiger partial charge in [0.2, 0.25) is 0 Å². The van der Waals surface area contributed by atoms with Crippen LogP contribution in [0.3, 0.4) is 0 Å². The number of aromatic nitrogens is 2. The van der Waals surface area contributed by atoms with Gasteiger partial charge in [-0.3, -0.25) is 4.79 Å². The lowest BCUT2D eigenvalue weighted by atomic mass is 10.1. The van der Waals surface area contributed by atoms with Gasteiger partial charge in [-0.15, -0.1) is 10.1 Å². The number of nitrogens with zero attached hydrogens (tertiary/aromatic N) is 3. The highest BCUT2D eigenvalue weighted by molar-refractivity contribution is 8.38. The zero-order valence-electron chi connectivity index (χ0n) is 14.7. The van der Waals surface area contributed by atoms with Crippen LogP contribution in [0.25, 0.3) is 0 Å². The number of thioether (sulfide) groups is 2. The molecule has 0 radical (unpaired) electrons. The Hall–Kier alpha value is -2.20. The maximum atomic E-state index is 12.5. The van der Waals surface area contributed by atoms with Gasteiger partial charge in [0, 0.05) is 33.9 Å². The summed E-state index contributed by atoms with van der Waals surface area (Å²) in [5.41, 5.74) is 0.881. The van der Waals surface area contributed by atoms with Crippen molar-refractivity contribution in [1.29, 1.82) is 0 Å². The molecule has 1 atom stereocenters. The Bertz CT molecular complexity index is 940. The van der Waals surface area contributed by atoms with Gasteiger partial charge in [0.25, 0.3) is 9.53 Å². The second-order valence-electron chi connectivity index (χ2n) is 5.43. The van der Waals surface area contributed by atoms with Crippen LogP contribution in [-0.2, 0) is 6.54 Å². The van der Waals surface area contributed by atoms with Crippen molar-refractivity contribution in [3.63, 3.8) is 0 Å². The van der Waals surface area contributed by atoms with Gasteiger partial charge in [-0.1, -0.05) is 59.2 Å². The molecule has 11 heteroatoms. The van der Waals surface area contributed by atoms with E-state index >= 15 is 0 Å². The number of rotatable bonds is 5. The van der Waals surface area contributed by atoms with Gasteiger partial charge in [0.05, 0.1) is 11.6 Å². The van der Waals surface area contributed by atoms with Crippen LogP contribution in [0.15, 0.2) is 72.1 Å². The van der Waals surface area contributed by atoms with Crippen LogP contribution >= 0.6 is 46.7 Å². The standard InChI is InChI=1S/C18H14Cl2N2OS2.HNO3/c19-13-6-7-15(16(20)10-13)17(11-22-9-8-21-12-22)25-18(23)24-14-4-2-1-3-5-14;2-1(3)4/h1-10,12,17H,11H2;(H,2,3,4). The third-order valence-electron chi connectivity index (χ3n) is 3.43. The van der Waals surface area contributed by atoms with Gasteiger partial charge in [-0.05, 0) is 41.6 Å². The van der Waals surface area contributed by atoms with E-state index in [1.165, 1.54) is 23.5 Å². The zero-order chi connectivity index (χ0) is 21.2. The molecule has 0 bridgehead atoms. The Morgan fingerprint density at radius 3 is 2.52 bits per heavy atom. The van der Waals surface area contributed by atoms with Gasteiger partial charge >= 0.3 is 0 Å². The topological polar surface area (TPSA) is 98.3 Å². The van der Waals surface area contributed by atoms with E-state index in [1.54, 1.807) is 24.7 Å². The van der Waals surface area contributed by atoms with Gasteiger partial charge in [0.1, 0.15) is 0 Å². The molecule has 7 nitrogen and oxygen atoms in total. The highest BCUT2D eigenvalue weighted by Crippen LogP contribution is 2.40. The van der Waals surface area contributed by atoms with Crippen molar-refractivity contribution in [1.82, 2.24) is 9.55 Å². The molecular weight excluding hydrogens is 457 g/mol. The molecular formula is C18H15Cl2N3O4S2. The summed E-state index contributed by atoms with van der Waals surface area (Å²) in [4.78, 5) is 25.9. The molecule has 0 aliphatic heterocycles. The SMILES string of the molecule is O=C(Sc1ccccc1)SC(Cn1ccnc1)c1ccc(Cl)cc1Cl.O=[N+]([O-])O. The van der Waals surface area contributed by atoms with Crippen LogP contribution in [0.1, 0.15) is 10.8 Å². The second-order valence-corrected chi connectivity index (χ2v) is 8.76. The highest BCUT2D eigenvalue weighted by atomic mass is 35.5. The lowest BCUT2D eigenvalue weighted by Crippen LogP contribution is -2.07. The first-order valence-corrected chi connectivity index (χ1v) is 10.5. The van der Waals surface area contributed by atoms with Crippen LogP contribution in [0.4, 0.5) is 4.79 Å². The fourth-order valence-corrected chi connectivity index (χ4v) is 5.00. The van der Waals surface area contributed by atoms with Crippen molar-refractivity contribution < 1.29 is 15.1 Å². The van der Waals surface area contributed by atoms with E-state index < -0.39 is 5.09 Å². The number of halogens is 2. The average Bonchev–Trinajstić information content (AvgIpc) is 3.14. The van der Waals surface area contributed by atoms with Crippen molar-refractivity contribution in [3.8, 4) is 0 Å². The maximum Gasteiger partial charge on any atom is 0.291 e. The van der Waals surface area contributed by atoms with E-state index in [0.29, 0.717) is 16.6 Å². The second kappa shape index (κ2) is 11.7. The Kier molecular flexibility index (Phi) is 9.33. The van der Waals surface area contributed by atoms with Gasteiger partial charge in [0.15, 0.2) is 0 Å². The first kappa shape index (κ1) is 23.1. The molecule has 3 rings (SSSR count). The van der Waals surface area contributed by atoms with Gasteiger partial charge in [-0.25, -0.2) is 4.98 Å². The van der Waals surface area contributed by atoms with E-state index in [4.69, 9.17) is 38.5 Å². The molecule has 0 saturated heterocycles. The molecule has 0 aliphatic carbocycles. The molecule has 0 saturated carbocycles. The van der Waals surface area contributed by atoms with E-state index in [-0.39, 0.29) is 9.70 Å². The van der Waals surface area contributed by atoms with E-state index in [9.17, 15) is 4.79 Å². The minimum atomic E-state index is -1.50. The third kappa shape index (κ3) is 8.36. The minimum absolute atomic E-state index is 0.0160. The van der Waals surface area contributed by atoms with Crippen LogP contribution in [0, 0.1) is 10.1 Å². The molecule has 0 aliphatic rings. The Labute approximate surface area is 185 Å². The molecule has 1 aromatic heterocycles. The highest BCUT2D eigenvalue weighted by Gasteiger charge is 2.21. The summed E-state index contributed by atoms with van der Waals surface area (Å²) < 4.78 is 1.95. The first-order chi connectivity index (χ1) is 13.8. The van der Waals surface area contributed by atoms with Crippen molar-refractivity contribution in [2.45, 2.75) is 16.7 Å². The fourth-order valence-electron chi connectivity index (χ4n) is 2.27. The minimum Gasteiger partial charge on any atom is -0.336 e. The smallest absolute Gasteiger partial charge is 0.291 e. The quantitative estimate of drug-likeness (QED) is 0.267. The van der Waals surface area contributed by atoms with Crippen molar-refractivity contribution in [2.75, 3.05) is 0 Å².